The molecule has 144 valence electrons. The number of halogens is 2. The second kappa shape index (κ2) is 9.23. The Hall–Kier alpha value is -1.80. The van der Waals surface area contributed by atoms with E-state index in [2.05, 4.69) is 48.4 Å². The highest BCUT2D eigenvalue weighted by molar-refractivity contribution is 7.80. The Kier molecular flexibility index (Phi) is 7.28. The summed E-state index contributed by atoms with van der Waals surface area (Å²) in [5, 5.41) is 3.64. The molecule has 3 N–H and O–H groups in total. The molecule has 0 amide bonds. The van der Waals surface area contributed by atoms with Crippen LogP contribution in [0.3, 0.4) is 0 Å². The van der Waals surface area contributed by atoms with Crippen LogP contribution in [0.2, 0.25) is 0 Å². The standard InChI is InChI=1S/C18H27F2N5S/c1-4-24-5-6-25(11-14(24)7-12(2)3)17-9-15(19)13(8-16(17)20)10-22-23-18(21)26/h8-10,12,14H,4-7,11H2,1-3H3,(H3,21,23,26)/b22-10+/t14-/m0/s1. The van der Waals surface area contributed by atoms with Gasteiger partial charge in [-0.3, -0.25) is 10.3 Å². The molecule has 1 aromatic carbocycles. The van der Waals surface area contributed by atoms with Crippen LogP contribution in [0.15, 0.2) is 17.2 Å². The van der Waals surface area contributed by atoms with Crippen molar-refractivity contribution in [2.45, 2.75) is 33.2 Å². The Bertz CT molecular complexity index is 665. The smallest absolute Gasteiger partial charge is 0.184 e. The summed E-state index contributed by atoms with van der Waals surface area (Å²) in [7, 11) is 0. The third-order valence-electron chi connectivity index (χ3n) is 4.54. The Morgan fingerprint density at radius 1 is 1.38 bits per heavy atom. The molecule has 8 heteroatoms. The van der Waals surface area contributed by atoms with Crippen LogP contribution in [0.4, 0.5) is 14.5 Å². The van der Waals surface area contributed by atoms with E-state index in [0.29, 0.717) is 30.7 Å². The normalized spacial score (nSPS) is 18.7. The molecule has 0 bridgehead atoms. The lowest BCUT2D eigenvalue weighted by Crippen LogP contribution is -2.53. The molecular weight excluding hydrogens is 356 g/mol. The summed E-state index contributed by atoms with van der Waals surface area (Å²) in [5.41, 5.74) is 7.91. The van der Waals surface area contributed by atoms with E-state index in [1.54, 1.807) is 0 Å². The van der Waals surface area contributed by atoms with Crippen molar-refractivity contribution in [1.82, 2.24) is 10.3 Å². The molecular formula is C18H27F2N5S. The number of thiocarbonyl (C=S) groups is 1. The lowest BCUT2D eigenvalue weighted by molar-refractivity contribution is 0.163. The van der Waals surface area contributed by atoms with Crippen LogP contribution in [-0.4, -0.2) is 48.4 Å². The molecule has 2 rings (SSSR count). The van der Waals surface area contributed by atoms with Gasteiger partial charge >= 0.3 is 0 Å². The van der Waals surface area contributed by atoms with E-state index in [9.17, 15) is 8.78 Å². The van der Waals surface area contributed by atoms with Crippen LogP contribution in [0, 0.1) is 17.6 Å². The summed E-state index contributed by atoms with van der Waals surface area (Å²) in [6.45, 7) is 9.68. The molecule has 1 atom stereocenters. The molecule has 5 nitrogen and oxygen atoms in total. The SMILES string of the molecule is CCN1CCN(c2cc(F)c(/C=N/NC(N)=S)cc2F)C[C@@H]1CC(C)C. The van der Waals surface area contributed by atoms with Crippen molar-refractivity contribution in [3.05, 3.63) is 29.3 Å². The fourth-order valence-corrected chi connectivity index (χ4v) is 3.41. The third-order valence-corrected chi connectivity index (χ3v) is 4.63. The predicted molar refractivity (Wildman–Crippen MR) is 107 cm³/mol. The number of likely N-dealkylation sites (N-methyl/N-ethyl adjacent to an activating group) is 1. The first-order valence-electron chi connectivity index (χ1n) is 8.88. The number of rotatable bonds is 6. The van der Waals surface area contributed by atoms with E-state index in [1.165, 1.54) is 6.07 Å². The van der Waals surface area contributed by atoms with Gasteiger partial charge in [-0.1, -0.05) is 20.8 Å². The number of hydrazone groups is 1. The van der Waals surface area contributed by atoms with E-state index in [0.717, 1.165) is 31.8 Å². The van der Waals surface area contributed by atoms with Crippen LogP contribution in [0.5, 0.6) is 0 Å². The van der Waals surface area contributed by atoms with Crippen molar-refractivity contribution in [3.63, 3.8) is 0 Å². The first-order chi connectivity index (χ1) is 12.3. The fraction of sp³-hybridized carbons (Fsp3) is 0.556. The molecule has 26 heavy (non-hydrogen) atoms. The predicted octanol–water partition coefficient (Wildman–Crippen LogP) is 2.69. The number of hydrogen-bond donors (Lipinski definition) is 2. The van der Waals surface area contributed by atoms with Crippen LogP contribution < -0.4 is 16.1 Å². The summed E-state index contributed by atoms with van der Waals surface area (Å²) in [6.07, 6.45) is 2.20. The van der Waals surface area contributed by atoms with Crippen molar-refractivity contribution < 1.29 is 8.78 Å². The zero-order valence-corrected chi connectivity index (χ0v) is 16.3. The van der Waals surface area contributed by atoms with Gasteiger partial charge in [0.05, 0.1) is 11.9 Å². The number of hydrogen-bond acceptors (Lipinski definition) is 4. The summed E-state index contributed by atoms with van der Waals surface area (Å²) < 4.78 is 29.0. The molecule has 0 aromatic heterocycles. The fourth-order valence-electron chi connectivity index (χ4n) is 3.35. The van der Waals surface area contributed by atoms with Gasteiger partial charge in [0.15, 0.2) is 5.11 Å². The number of nitrogens with two attached hydrogens (primary N) is 1. The van der Waals surface area contributed by atoms with Gasteiger partial charge in [-0.2, -0.15) is 5.10 Å². The topological polar surface area (TPSA) is 56.9 Å². The number of nitrogens with zero attached hydrogens (tertiary/aromatic N) is 3. The Morgan fingerprint density at radius 2 is 2.12 bits per heavy atom. The second-order valence-corrected chi connectivity index (χ2v) is 7.36. The molecule has 0 saturated carbocycles. The Balaban J connectivity index is 2.18. The second-order valence-electron chi connectivity index (χ2n) is 6.92. The third kappa shape index (κ3) is 5.35. The molecule has 1 heterocycles. The van der Waals surface area contributed by atoms with Gasteiger partial charge in [0.2, 0.25) is 0 Å². The van der Waals surface area contributed by atoms with Gasteiger partial charge in [0.25, 0.3) is 0 Å². The van der Waals surface area contributed by atoms with Gasteiger partial charge in [0, 0.05) is 37.3 Å². The number of piperazine rings is 1. The van der Waals surface area contributed by atoms with Gasteiger partial charge < -0.3 is 10.6 Å². The molecule has 0 radical (unpaired) electrons. The highest BCUT2D eigenvalue weighted by atomic mass is 32.1. The van der Waals surface area contributed by atoms with Gasteiger partial charge in [-0.05, 0) is 37.2 Å². The summed E-state index contributed by atoms with van der Waals surface area (Å²) in [6, 6.07) is 2.73. The first-order valence-corrected chi connectivity index (χ1v) is 9.29. The summed E-state index contributed by atoms with van der Waals surface area (Å²) in [4.78, 5) is 4.35. The number of benzene rings is 1. The number of nitrogens with one attached hydrogen (secondary N) is 1. The van der Waals surface area contributed by atoms with Crippen LogP contribution in [-0.2, 0) is 0 Å². The van der Waals surface area contributed by atoms with Crippen LogP contribution in [0.25, 0.3) is 0 Å². The molecule has 1 aromatic rings. The highest BCUT2D eigenvalue weighted by Crippen LogP contribution is 2.27. The van der Waals surface area contributed by atoms with E-state index >= 15 is 0 Å². The zero-order chi connectivity index (χ0) is 19.3. The van der Waals surface area contributed by atoms with Gasteiger partial charge in [0.1, 0.15) is 11.6 Å². The minimum absolute atomic E-state index is 0.0382. The molecule has 0 aliphatic carbocycles. The maximum absolute atomic E-state index is 14.6. The van der Waals surface area contributed by atoms with E-state index in [4.69, 9.17) is 5.73 Å². The van der Waals surface area contributed by atoms with Crippen molar-refractivity contribution in [2.75, 3.05) is 31.1 Å². The molecule has 1 aliphatic heterocycles. The maximum Gasteiger partial charge on any atom is 0.184 e. The number of anilines is 1. The van der Waals surface area contributed by atoms with Crippen molar-refractivity contribution in [3.8, 4) is 0 Å². The van der Waals surface area contributed by atoms with Crippen molar-refractivity contribution in [1.29, 1.82) is 0 Å². The quantitative estimate of drug-likeness (QED) is 0.449. The zero-order valence-electron chi connectivity index (χ0n) is 15.5. The monoisotopic (exact) mass is 383 g/mol. The highest BCUT2D eigenvalue weighted by Gasteiger charge is 2.28. The molecule has 0 spiro atoms. The lowest BCUT2D eigenvalue weighted by atomic mass is 9.99. The average molecular weight is 384 g/mol. The molecule has 0 unspecified atom stereocenters. The van der Waals surface area contributed by atoms with Crippen molar-refractivity contribution >= 4 is 29.2 Å². The van der Waals surface area contributed by atoms with Crippen molar-refractivity contribution in [2.24, 2.45) is 16.8 Å². The minimum atomic E-state index is -0.534. The molecule has 1 aliphatic rings. The average Bonchev–Trinajstić information content (AvgIpc) is 2.56. The minimum Gasteiger partial charge on any atom is -0.375 e. The van der Waals surface area contributed by atoms with Crippen LogP contribution >= 0.6 is 12.2 Å². The van der Waals surface area contributed by atoms with E-state index in [1.807, 2.05) is 4.90 Å². The van der Waals surface area contributed by atoms with Gasteiger partial charge in [-0.15, -0.1) is 0 Å². The van der Waals surface area contributed by atoms with Crippen LogP contribution in [0.1, 0.15) is 32.8 Å². The lowest BCUT2D eigenvalue weighted by Gasteiger charge is -2.43. The van der Waals surface area contributed by atoms with E-state index in [-0.39, 0.29) is 10.7 Å². The maximum atomic E-state index is 14.6. The van der Waals surface area contributed by atoms with Gasteiger partial charge in [-0.25, -0.2) is 8.78 Å². The summed E-state index contributed by atoms with van der Waals surface area (Å²) >= 11 is 4.61. The first kappa shape index (κ1) is 20.5. The molecule has 1 saturated heterocycles. The largest absolute Gasteiger partial charge is 0.375 e. The Labute approximate surface area is 159 Å². The Morgan fingerprint density at radius 3 is 2.73 bits per heavy atom. The summed E-state index contributed by atoms with van der Waals surface area (Å²) in [5.74, 6) is -0.445. The molecule has 1 fully saturated rings. The van der Waals surface area contributed by atoms with E-state index < -0.39 is 11.6 Å².